The molecule has 4 heterocycles. The summed E-state index contributed by atoms with van der Waals surface area (Å²) in [7, 11) is 2.15. The Bertz CT molecular complexity index is 1660. The highest BCUT2D eigenvalue weighted by atomic mass is 16.3. The molecule has 0 amide bonds. The fourth-order valence-electron chi connectivity index (χ4n) is 6.55. The minimum Gasteiger partial charge on any atom is -0.438 e. The normalized spacial score (nSPS) is 16.0. The van der Waals surface area contributed by atoms with Crippen LogP contribution in [-0.2, 0) is 12.6 Å². The summed E-state index contributed by atoms with van der Waals surface area (Å²) in [5.74, 6) is 1.18. The zero-order chi connectivity index (χ0) is 26.2. The van der Waals surface area contributed by atoms with E-state index in [0.717, 1.165) is 22.0 Å². The first kappa shape index (κ1) is 23.6. The van der Waals surface area contributed by atoms with E-state index in [1.807, 2.05) is 6.92 Å². The van der Waals surface area contributed by atoms with Crippen molar-refractivity contribution in [2.75, 3.05) is 9.80 Å². The standard InChI is InChI=1S/C31H36N5O/c1-19(2)34-18-17-27(33(34)8)35-22(5)36(25-12-10-9-11-24(25)35)31(6,7)29-20(3)13-16-26-28(29)23-15-14-21(4)32-30(23)37-26/h9-19,22H,1-8H3/q+1/t22-/m1/s1. The molecule has 0 bridgehead atoms. The van der Waals surface area contributed by atoms with E-state index in [1.54, 1.807) is 0 Å². The lowest BCUT2D eigenvalue weighted by Crippen LogP contribution is -2.50. The van der Waals surface area contributed by atoms with Crippen LogP contribution in [0.25, 0.3) is 22.1 Å². The third kappa shape index (κ3) is 3.31. The maximum Gasteiger partial charge on any atom is 0.227 e. The molecule has 1 aliphatic heterocycles. The molecule has 1 aliphatic rings. The van der Waals surface area contributed by atoms with Gasteiger partial charge in [-0.2, -0.15) is 0 Å². The first-order valence-corrected chi connectivity index (χ1v) is 13.2. The van der Waals surface area contributed by atoms with Crippen LogP contribution in [0.3, 0.4) is 0 Å². The van der Waals surface area contributed by atoms with Crippen molar-refractivity contribution in [2.45, 2.75) is 66.2 Å². The summed E-state index contributed by atoms with van der Waals surface area (Å²) in [6, 6.07) is 19.9. The van der Waals surface area contributed by atoms with Crippen LogP contribution in [0.1, 0.15) is 57.5 Å². The first-order valence-electron chi connectivity index (χ1n) is 13.2. The largest absolute Gasteiger partial charge is 0.438 e. The Kier molecular flexibility index (Phi) is 5.17. The number of nitrogens with zero attached hydrogens (tertiary/aromatic N) is 5. The Hall–Kier alpha value is -3.80. The summed E-state index contributed by atoms with van der Waals surface area (Å²) in [5.41, 5.74) is 7.20. The molecule has 6 heteroatoms. The van der Waals surface area contributed by atoms with Gasteiger partial charge in [-0.25, -0.2) is 4.98 Å². The van der Waals surface area contributed by atoms with Crippen molar-refractivity contribution in [3.05, 3.63) is 77.6 Å². The fourth-order valence-corrected chi connectivity index (χ4v) is 6.55. The molecule has 0 radical (unpaired) electrons. The number of hydrogen-bond acceptors (Lipinski definition) is 4. The molecular weight excluding hydrogens is 458 g/mol. The van der Waals surface area contributed by atoms with E-state index in [2.05, 4.69) is 129 Å². The highest BCUT2D eigenvalue weighted by molar-refractivity contribution is 6.06. The maximum atomic E-state index is 6.27. The Morgan fingerprint density at radius 2 is 1.70 bits per heavy atom. The van der Waals surface area contributed by atoms with Gasteiger partial charge < -0.3 is 14.2 Å². The van der Waals surface area contributed by atoms with E-state index in [-0.39, 0.29) is 11.7 Å². The van der Waals surface area contributed by atoms with E-state index >= 15 is 0 Å². The molecule has 37 heavy (non-hydrogen) atoms. The van der Waals surface area contributed by atoms with Crippen LogP contribution in [0.2, 0.25) is 0 Å². The van der Waals surface area contributed by atoms with Gasteiger partial charge >= 0.3 is 0 Å². The van der Waals surface area contributed by atoms with E-state index < -0.39 is 0 Å². The van der Waals surface area contributed by atoms with Crippen LogP contribution in [-0.4, -0.2) is 15.8 Å². The van der Waals surface area contributed by atoms with Crippen molar-refractivity contribution in [3.8, 4) is 0 Å². The lowest BCUT2D eigenvalue weighted by Gasteiger charge is -2.43. The zero-order valence-corrected chi connectivity index (χ0v) is 23.1. The van der Waals surface area contributed by atoms with Crippen molar-refractivity contribution in [1.29, 1.82) is 0 Å². The number of para-hydroxylation sites is 2. The fraction of sp³-hybridized carbons (Fsp3) is 0.355. The summed E-state index contributed by atoms with van der Waals surface area (Å²) < 4.78 is 10.8. The van der Waals surface area contributed by atoms with Gasteiger partial charge in [0.25, 0.3) is 0 Å². The van der Waals surface area contributed by atoms with Crippen molar-refractivity contribution in [2.24, 2.45) is 7.05 Å². The third-order valence-corrected chi connectivity index (χ3v) is 8.04. The second-order valence-corrected chi connectivity index (χ2v) is 11.1. The predicted octanol–water partition coefficient (Wildman–Crippen LogP) is 7.04. The number of aryl methyl sites for hydroxylation is 2. The molecule has 0 saturated heterocycles. The minimum atomic E-state index is -0.339. The smallest absolute Gasteiger partial charge is 0.227 e. The highest BCUT2D eigenvalue weighted by Crippen LogP contribution is 2.51. The molecule has 0 fully saturated rings. The average molecular weight is 495 g/mol. The molecule has 6 rings (SSSR count). The van der Waals surface area contributed by atoms with Crippen LogP contribution < -0.4 is 14.5 Å². The Labute approximate surface area is 218 Å². The third-order valence-electron chi connectivity index (χ3n) is 8.04. The molecule has 1 atom stereocenters. The van der Waals surface area contributed by atoms with Gasteiger partial charge in [-0.3, -0.25) is 0 Å². The maximum absolute atomic E-state index is 6.27. The number of fused-ring (bicyclic) bond motifs is 4. The van der Waals surface area contributed by atoms with Gasteiger partial charge in [-0.1, -0.05) is 18.2 Å². The van der Waals surface area contributed by atoms with Gasteiger partial charge in [0, 0.05) is 16.5 Å². The van der Waals surface area contributed by atoms with Gasteiger partial charge in [0.1, 0.15) is 11.7 Å². The lowest BCUT2D eigenvalue weighted by atomic mass is 9.84. The lowest BCUT2D eigenvalue weighted by molar-refractivity contribution is -0.789. The predicted molar refractivity (Wildman–Crippen MR) is 151 cm³/mol. The van der Waals surface area contributed by atoms with E-state index in [9.17, 15) is 0 Å². The monoisotopic (exact) mass is 494 g/mol. The topological polar surface area (TPSA) is 41.3 Å². The van der Waals surface area contributed by atoms with Gasteiger partial charge in [0.2, 0.25) is 5.71 Å². The number of anilines is 3. The summed E-state index contributed by atoms with van der Waals surface area (Å²) in [6.07, 6.45) is 2.27. The quantitative estimate of drug-likeness (QED) is 0.251. The Morgan fingerprint density at radius 3 is 2.41 bits per heavy atom. The molecular formula is C31H36N5O+. The second-order valence-electron chi connectivity index (χ2n) is 11.1. The summed E-state index contributed by atoms with van der Waals surface area (Å²) in [6.45, 7) is 15.6. The molecule has 0 spiro atoms. The molecule has 0 aliphatic carbocycles. The number of hydrogen-bond donors (Lipinski definition) is 0. The molecule has 190 valence electrons. The summed E-state index contributed by atoms with van der Waals surface area (Å²) >= 11 is 0. The minimum absolute atomic E-state index is 0.0924. The van der Waals surface area contributed by atoms with Crippen LogP contribution in [0, 0.1) is 13.8 Å². The van der Waals surface area contributed by atoms with Crippen molar-refractivity contribution < 1.29 is 9.10 Å². The average Bonchev–Trinajstić information content (AvgIpc) is 3.48. The van der Waals surface area contributed by atoms with Crippen molar-refractivity contribution in [3.63, 3.8) is 0 Å². The Balaban J connectivity index is 1.57. The van der Waals surface area contributed by atoms with E-state index in [4.69, 9.17) is 9.40 Å². The number of rotatable bonds is 4. The summed E-state index contributed by atoms with van der Waals surface area (Å²) in [5, 5.41) is 2.23. The molecule has 5 aromatic rings. The molecule has 6 nitrogen and oxygen atoms in total. The molecule has 0 saturated carbocycles. The molecule has 0 N–H and O–H groups in total. The second kappa shape index (κ2) is 8.10. The zero-order valence-electron chi connectivity index (χ0n) is 23.1. The van der Waals surface area contributed by atoms with Crippen LogP contribution in [0.15, 0.2) is 65.2 Å². The van der Waals surface area contributed by atoms with Crippen molar-refractivity contribution >= 4 is 39.3 Å². The van der Waals surface area contributed by atoms with Gasteiger partial charge in [0.05, 0.1) is 30.0 Å². The van der Waals surface area contributed by atoms with E-state index in [0.29, 0.717) is 11.8 Å². The number of pyridine rings is 1. The van der Waals surface area contributed by atoms with Crippen LogP contribution >= 0.6 is 0 Å². The Morgan fingerprint density at radius 1 is 0.973 bits per heavy atom. The van der Waals surface area contributed by atoms with Gasteiger partial charge in [-0.15, -0.1) is 9.36 Å². The molecule has 3 aromatic heterocycles. The van der Waals surface area contributed by atoms with Crippen LogP contribution in [0.4, 0.5) is 17.2 Å². The van der Waals surface area contributed by atoms with Gasteiger partial charge in [0.15, 0.2) is 18.1 Å². The molecule has 0 unspecified atom stereocenters. The number of aromatic nitrogens is 3. The SMILES string of the molecule is Cc1ccc2c(n1)oc1ccc(C)c(C(C)(C)N3c4ccccc4N(c4cc[n+](C(C)C)n4C)[C@H]3C)c12. The van der Waals surface area contributed by atoms with E-state index in [1.165, 1.54) is 28.3 Å². The van der Waals surface area contributed by atoms with Gasteiger partial charge in [-0.05, 0) is 89.9 Å². The number of benzene rings is 2. The summed E-state index contributed by atoms with van der Waals surface area (Å²) in [4.78, 5) is 9.73. The first-order chi connectivity index (χ1) is 17.6. The van der Waals surface area contributed by atoms with Crippen LogP contribution in [0.5, 0.6) is 0 Å². The highest BCUT2D eigenvalue weighted by Gasteiger charge is 2.45. The molecule has 2 aromatic carbocycles. The number of furan rings is 1. The van der Waals surface area contributed by atoms with Crippen molar-refractivity contribution in [1.82, 2.24) is 9.67 Å².